The number of rotatable bonds is 1. The molecule has 1 rings (SSSR count). The predicted octanol–water partition coefficient (Wildman–Crippen LogP) is 4.09. The van der Waals surface area contributed by atoms with Crippen LogP contribution in [0.15, 0.2) is 6.07 Å². The molecule has 3 heteroatoms. The molecule has 0 heterocycles. The zero-order valence-corrected chi connectivity index (χ0v) is 10.4. The molecule has 90 valence electrons. The fourth-order valence-electron chi connectivity index (χ4n) is 1.62. The molecule has 0 aliphatic rings. The minimum atomic E-state index is -1.14. The van der Waals surface area contributed by atoms with Gasteiger partial charge in [0.05, 0.1) is 0 Å². The molecule has 0 aromatic heterocycles. The molecule has 0 aliphatic carbocycles. The van der Waals surface area contributed by atoms with E-state index < -0.39 is 22.8 Å². The summed E-state index contributed by atoms with van der Waals surface area (Å²) in [5.74, 6) is -2.71. The molecular formula is C13H18F2O. The number of phenolic OH excluding ortho intramolecular Hbond substituents is 1. The lowest BCUT2D eigenvalue weighted by molar-refractivity contribution is 0.388. The van der Waals surface area contributed by atoms with Gasteiger partial charge in [-0.05, 0) is 28.5 Å². The van der Waals surface area contributed by atoms with Gasteiger partial charge in [0.15, 0.2) is 11.6 Å². The number of benzene rings is 1. The Balaban J connectivity index is 3.54. The summed E-state index contributed by atoms with van der Waals surface area (Å²) < 4.78 is 27.2. The first-order valence-corrected chi connectivity index (χ1v) is 5.37. The zero-order chi connectivity index (χ0) is 12.7. The molecule has 0 fully saturated rings. The van der Waals surface area contributed by atoms with Gasteiger partial charge >= 0.3 is 0 Å². The van der Waals surface area contributed by atoms with Crippen LogP contribution in [0.2, 0.25) is 0 Å². The van der Waals surface area contributed by atoms with Crippen molar-refractivity contribution in [1.82, 2.24) is 0 Å². The summed E-state index contributed by atoms with van der Waals surface area (Å²) in [6, 6.07) is 1.55. The van der Waals surface area contributed by atoms with Gasteiger partial charge < -0.3 is 5.11 Å². The molecule has 0 saturated carbocycles. The van der Waals surface area contributed by atoms with Gasteiger partial charge in [0.25, 0.3) is 0 Å². The summed E-state index contributed by atoms with van der Waals surface area (Å²) >= 11 is 0. The van der Waals surface area contributed by atoms with Gasteiger partial charge in [0.1, 0.15) is 0 Å². The van der Waals surface area contributed by atoms with Gasteiger partial charge in [-0.2, -0.15) is 4.39 Å². The van der Waals surface area contributed by atoms with Crippen LogP contribution in [0.4, 0.5) is 8.78 Å². The Kier molecular flexibility index (Phi) is 3.27. The van der Waals surface area contributed by atoms with Crippen LogP contribution in [0.1, 0.15) is 51.7 Å². The third-order valence-electron chi connectivity index (χ3n) is 2.64. The van der Waals surface area contributed by atoms with Gasteiger partial charge in [-0.1, -0.05) is 34.6 Å². The smallest absolute Gasteiger partial charge is 0.200 e. The van der Waals surface area contributed by atoms with E-state index in [1.54, 1.807) is 6.07 Å². The summed E-state index contributed by atoms with van der Waals surface area (Å²) in [5.41, 5.74) is 0.262. The van der Waals surface area contributed by atoms with Crippen LogP contribution in [-0.4, -0.2) is 5.11 Å². The third-order valence-corrected chi connectivity index (χ3v) is 2.64. The molecular weight excluding hydrogens is 210 g/mol. The van der Waals surface area contributed by atoms with Crippen molar-refractivity contribution in [2.45, 2.75) is 46.0 Å². The molecule has 0 amide bonds. The van der Waals surface area contributed by atoms with Crippen molar-refractivity contribution < 1.29 is 13.9 Å². The Labute approximate surface area is 95.1 Å². The highest BCUT2D eigenvalue weighted by molar-refractivity contribution is 5.42. The molecule has 1 aromatic carbocycles. The van der Waals surface area contributed by atoms with Gasteiger partial charge in [0.2, 0.25) is 5.82 Å². The van der Waals surface area contributed by atoms with Crippen molar-refractivity contribution in [1.29, 1.82) is 0 Å². The van der Waals surface area contributed by atoms with Gasteiger partial charge in [-0.25, -0.2) is 4.39 Å². The summed E-state index contributed by atoms with van der Waals surface area (Å²) in [4.78, 5) is 0. The minimum Gasteiger partial charge on any atom is -0.505 e. The van der Waals surface area contributed by atoms with E-state index in [4.69, 9.17) is 0 Å². The maximum absolute atomic E-state index is 13.7. The summed E-state index contributed by atoms with van der Waals surface area (Å²) in [6.07, 6.45) is 0. The fourth-order valence-corrected chi connectivity index (χ4v) is 1.62. The number of hydrogen-bond acceptors (Lipinski definition) is 1. The highest BCUT2D eigenvalue weighted by Gasteiger charge is 2.26. The highest BCUT2D eigenvalue weighted by Crippen LogP contribution is 2.36. The van der Waals surface area contributed by atoms with E-state index in [0.29, 0.717) is 11.1 Å². The van der Waals surface area contributed by atoms with E-state index in [2.05, 4.69) is 0 Å². The number of hydrogen-bond donors (Lipinski definition) is 1. The molecule has 0 spiro atoms. The second-order valence-electron chi connectivity index (χ2n) is 5.39. The van der Waals surface area contributed by atoms with Crippen LogP contribution < -0.4 is 0 Å². The molecule has 0 unspecified atom stereocenters. The lowest BCUT2D eigenvalue weighted by Gasteiger charge is -2.22. The van der Waals surface area contributed by atoms with Crippen LogP contribution in [-0.2, 0) is 5.41 Å². The molecule has 0 radical (unpaired) electrons. The van der Waals surface area contributed by atoms with Crippen LogP contribution in [0.5, 0.6) is 5.75 Å². The lowest BCUT2D eigenvalue weighted by Crippen LogP contribution is -2.16. The number of halogens is 2. The molecule has 0 bridgehead atoms. The van der Waals surface area contributed by atoms with Crippen LogP contribution >= 0.6 is 0 Å². The Morgan fingerprint density at radius 3 is 2.00 bits per heavy atom. The van der Waals surface area contributed by atoms with Crippen molar-refractivity contribution in [3.05, 3.63) is 28.8 Å². The topological polar surface area (TPSA) is 20.2 Å². The lowest BCUT2D eigenvalue weighted by atomic mass is 9.84. The van der Waals surface area contributed by atoms with Crippen molar-refractivity contribution in [2.75, 3.05) is 0 Å². The van der Waals surface area contributed by atoms with E-state index in [-0.39, 0.29) is 5.92 Å². The average Bonchev–Trinajstić information content (AvgIpc) is 2.11. The summed E-state index contributed by atoms with van der Waals surface area (Å²) in [5, 5.41) is 9.52. The van der Waals surface area contributed by atoms with Crippen LogP contribution in [0.25, 0.3) is 0 Å². The van der Waals surface area contributed by atoms with Crippen molar-refractivity contribution in [3.63, 3.8) is 0 Å². The van der Waals surface area contributed by atoms with Gasteiger partial charge in [-0.3, -0.25) is 0 Å². The van der Waals surface area contributed by atoms with Crippen LogP contribution in [0, 0.1) is 11.6 Å². The van der Waals surface area contributed by atoms with Crippen molar-refractivity contribution in [2.24, 2.45) is 0 Å². The largest absolute Gasteiger partial charge is 0.505 e. The summed E-state index contributed by atoms with van der Waals surface area (Å²) in [6.45, 7) is 9.10. The molecule has 1 N–H and O–H groups in total. The Bertz CT molecular complexity index is 403. The first-order valence-electron chi connectivity index (χ1n) is 5.37. The quantitative estimate of drug-likeness (QED) is 0.767. The first-order chi connectivity index (χ1) is 7.16. The molecule has 0 saturated heterocycles. The molecule has 0 atom stereocenters. The average molecular weight is 228 g/mol. The van der Waals surface area contributed by atoms with E-state index in [0.717, 1.165) is 0 Å². The first kappa shape index (κ1) is 12.9. The van der Waals surface area contributed by atoms with Crippen LogP contribution in [0.3, 0.4) is 0 Å². The Morgan fingerprint density at radius 2 is 1.62 bits per heavy atom. The van der Waals surface area contributed by atoms with E-state index in [1.165, 1.54) is 0 Å². The fraction of sp³-hybridized carbons (Fsp3) is 0.538. The van der Waals surface area contributed by atoms with Crippen molar-refractivity contribution in [3.8, 4) is 5.75 Å². The maximum atomic E-state index is 13.7. The van der Waals surface area contributed by atoms with Gasteiger partial charge in [0, 0.05) is 0 Å². The monoisotopic (exact) mass is 228 g/mol. The second kappa shape index (κ2) is 4.04. The molecule has 1 aromatic rings. The molecule has 16 heavy (non-hydrogen) atoms. The second-order valence-corrected chi connectivity index (χ2v) is 5.39. The Hall–Kier alpha value is -1.12. The standard InChI is InChI=1S/C13H18F2O/c1-7(2)8-6-9(13(3,4)5)10(14)11(15)12(8)16/h6-7,16H,1-5H3. The SMILES string of the molecule is CC(C)c1cc(C(C)(C)C)c(F)c(F)c1O. The Morgan fingerprint density at radius 1 is 1.12 bits per heavy atom. The molecule has 1 nitrogen and oxygen atoms in total. The number of phenols is 1. The van der Waals surface area contributed by atoms with E-state index in [9.17, 15) is 13.9 Å². The van der Waals surface area contributed by atoms with Gasteiger partial charge in [-0.15, -0.1) is 0 Å². The maximum Gasteiger partial charge on any atom is 0.200 e. The highest BCUT2D eigenvalue weighted by atomic mass is 19.2. The van der Waals surface area contributed by atoms with E-state index >= 15 is 0 Å². The van der Waals surface area contributed by atoms with Crippen molar-refractivity contribution >= 4 is 0 Å². The normalized spacial score (nSPS) is 12.2. The predicted molar refractivity (Wildman–Crippen MR) is 60.8 cm³/mol. The third kappa shape index (κ3) is 2.18. The number of aromatic hydroxyl groups is 1. The minimum absolute atomic E-state index is 0.0452. The zero-order valence-electron chi connectivity index (χ0n) is 10.4. The molecule has 0 aliphatic heterocycles. The van der Waals surface area contributed by atoms with E-state index in [1.807, 2.05) is 34.6 Å². The summed E-state index contributed by atoms with van der Waals surface area (Å²) in [7, 11) is 0.